The highest BCUT2D eigenvalue weighted by Gasteiger charge is 2.35. The van der Waals surface area contributed by atoms with Gasteiger partial charge < -0.3 is 9.64 Å². The number of methoxy groups -OCH3 is 1. The molecule has 2 aromatic heterocycles. The van der Waals surface area contributed by atoms with E-state index >= 15 is 0 Å². The SMILES string of the molecule is COC1CN(C2CCCN(c3nc(-c4ccc(Cl)cc4F)c4nc(C)n(C)c(=O)c4n3)C2)C1. The molecule has 4 heterocycles. The van der Waals surface area contributed by atoms with E-state index in [1.807, 2.05) is 0 Å². The lowest BCUT2D eigenvalue weighted by atomic mass is 9.99. The molecular formula is C23H26ClFN6O2. The minimum absolute atomic E-state index is 0.183. The first-order chi connectivity index (χ1) is 15.9. The molecule has 33 heavy (non-hydrogen) atoms. The molecule has 5 rings (SSSR count). The quantitative estimate of drug-likeness (QED) is 0.578. The summed E-state index contributed by atoms with van der Waals surface area (Å²) < 4.78 is 21.8. The second-order valence-corrected chi connectivity index (χ2v) is 9.21. The zero-order valence-corrected chi connectivity index (χ0v) is 19.6. The molecule has 174 valence electrons. The van der Waals surface area contributed by atoms with E-state index in [1.54, 1.807) is 33.2 Å². The van der Waals surface area contributed by atoms with Crippen LogP contribution in [-0.4, -0.2) is 69.9 Å². The highest BCUT2D eigenvalue weighted by molar-refractivity contribution is 6.30. The fourth-order valence-corrected chi connectivity index (χ4v) is 4.76. The Labute approximate surface area is 196 Å². The molecule has 0 amide bonds. The molecular weight excluding hydrogens is 447 g/mol. The maximum atomic E-state index is 14.9. The number of piperidine rings is 1. The van der Waals surface area contributed by atoms with Crippen LogP contribution < -0.4 is 10.5 Å². The number of likely N-dealkylation sites (tertiary alicyclic amines) is 1. The van der Waals surface area contributed by atoms with Crippen LogP contribution in [0.4, 0.5) is 10.3 Å². The van der Waals surface area contributed by atoms with Gasteiger partial charge in [0.15, 0.2) is 5.52 Å². The number of nitrogens with zero attached hydrogens (tertiary/aromatic N) is 6. The van der Waals surface area contributed by atoms with Crippen LogP contribution in [0.3, 0.4) is 0 Å². The van der Waals surface area contributed by atoms with E-state index < -0.39 is 5.82 Å². The molecule has 1 aromatic carbocycles. The second kappa shape index (κ2) is 8.62. The minimum atomic E-state index is -0.517. The first kappa shape index (κ1) is 22.2. The molecule has 10 heteroatoms. The summed E-state index contributed by atoms with van der Waals surface area (Å²) in [5.41, 5.74) is 0.738. The summed E-state index contributed by atoms with van der Waals surface area (Å²) in [6, 6.07) is 4.78. The van der Waals surface area contributed by atoms with Crippen molar-refractivity contribution in [3.05, 3.63) is 45.2 Å². The lowest BCUT2D eigenvalue weighted by Gasteiger charge is -2.47. The van der Waals surface area contributed by atoms with E-state index in [9.17, 15) is 9.18 Å². The van der Waals surface area contributed by atoms with Gasteiger partial charge in [0.1, 0.15) is 22.9 Å². The van der Waals surface area contributed by atoms with Gasteiger partial charge in [-0.2, -0.15) is 0 Å². The normalized spacial score (nSPS) is 19.8. The van der Waals surface area contributed by atoms with Crippen LogP contribution >= 0.6 is 11.6 Å². The van der Waals surface area contributed by atoms with Gasteiger partial charge >= 0.3 is 0 Å². The summed E-state index contributed by atoms with van der Waals surface area (Å²) in [7, 11) is 3.40. The summed E-state index contributed by atoms with van der Waals surface area (Å²) in [5, 5.41) is 0.290. The Morgan fingerprint density at radius 1 is 1.15 bits per heavy atom. The number of anilines is 1. The Morgan fingerprint density at radius 2 is 1.94 bits per heavy atom. The molecule has 1 unspecified atom stereocenters. The van der Waals surface area contributed by atoms with Gasteiger partial charge in [-0.1, -0.05) is 11.6 Å². The van der Waals surface area contributed by atoms with Crippen molar-refractivity contribution in [2.75, 3.05) is 38.2 Å². The Kier molecular flexibility index (Phi) is 5.80. The van der Waals surface area contributed by atoms with Crippen molar-refractivity contribution in [1.82, 2.24) is 24.4 Å². The lowest BCUT2D eigenvalue weighted by molar-refractivity contribution is -0.0526. The van der Waals surface area contributed by atoms with Crippen molar-refractivity contribution >= 4 is 28.6 Å². The molecule has 0 radical (unpaired) electrons. The van der Waals surface area contributed by atoms with Gasteiger partial charge in [-0.05, 0) is 38.0 Å². The molecule has 0 N–H and O–H groups in total. The van der Waals surface area contributed by atoms with E-state index in [0.717, 1.165) is 39.0 Å². The third-order valence-corrected chi connectivity index (χ3v) is 6.97. The second-order valence-electron chi connectivity index (χ2n) is 8.77. The molecule has 3 aromatic rings. The first-order valence-electron chi connectivity index (χ1n) is 11.1. The number of hydrogen-bond acceptors (Lipinski definition) is 7. The van der Waals surface area contributed by atoms with E-state index in [2.05, 4.69) is 19.8 Å². The van der Waals surface area contributed by atoms with Crippen LogP contribution in [0.25, 0.3) is 22.3 Å². The summed E-state index contributed by atoms with van der Waals surface area (Å²) in [4.78, 5) is 31.5. The van der Waals surface area contributed by atoms with Gasteiger partial charge in [-0.15, -0.1) is 0 Å². The molecule has 2 saturated heterocycles. The highest BCUT2D eigenvalue weighted by Crippen LogP contribution is 2.31. The third-order valence-electron chi connectivity index (χ3n) is 6.73. The van der Waals surface area contributed by atoms with Gasteiger partial charge in [0.05, 0.1) is 6.10 Å². The number of aryl methyl sites for hydroxylation is 1. The van der Waals surface area contributed by atoms with Crippen LogP contribution in [0, 0.1) is 12.7 Å². The van der Waals surface area contributed by atoms with Crippen molar-refractivity contribution in [2.45, 2.75) is 31.9 Å². The largest absolute Gasteiger partial charge is 0.379 e. The Balaban J connectivity index is 1.60. The molecule has 0 bridgehead atoms. The predicted octanol–water partition coefficient (Wildman–Crippen LogP) is 2.79. The van der Waals surface area contributed by atoms with Crippen LogP contribution in [0.1, 0.15) is 18.7 Å². The summed E-state index contributed by atoms with van der Waals surface area (Å²) in [5.74, 6) is 0.405. The molecule has 8 nitrogen and oxygen atoms in total. The van der Waals surface area contributed by atoms with Crippen molar-refractivity contribution in [3.8, 4) is 11.3 Å². The number of aromatic nitrogens is 4. The maximum absolute atomic E-state index is 14.9. The molecule has 0 spiro atoms. The van der Waals surface area contributed by atoms with Crippen LogP contribution in [0.15, 0.2) is 23.0 Å². The van der Waals surface area contributed by atoms with Crippen LogP contribution in [0.5, 0.6) is 0 Å². The summed E-state index contributed by atoms with van der Waals surface area (Å²) in [6.07, 6.45) is 2.35. The molecule has 1 atom stereocenters. The van der Waals surface area contributed by atoms with E-state index in [1.165, 1.54) is 10.6 Å². The van der Waals surface area contributed by atoms with Gasteiger partial charge in [-0.3, -0.25) is 14.3 Å². The predicted molar refractivity (Wildman–Crippen MR) is 125 cm³/mol. The maximum Gasteiger partial charge on any atom is 0.279 e. The van der Waals surface area contributed by atoms with Crippen molar-refractivity contribution in [2.24, 2.45) is 7.05 Å². The Hall–Kier alpha value is -2.62. The topological polar surface area (TPSA) is 76.4 Å². The Morgan fingerprint density at radius 3 is 2.67 bits per heavy atom. The fraction of sp³-hybridized carbons (Fsp3) is 0.478. The summed E-state index contributed by atoms with van der Waals surface area (Å²) in [6.45, 7) is 5.07. The molecule has 2 aliphatic heterocycles. The average Bonchev–Trinajstić information content (AvgIpc) is 2.77. The van der Waals surface area contributed by atoms with Crippen LogP contribution in [0.2, 0.25) is 5.02 Å². The number of benzene rings is 1. The number of hydrogen-bond donors (Lipinski definition) is 0. The van der Waals surface area contributed by atoms with E-state index in [-0.39, 0.29) is 27.8 Å². The molecule has 2 fully saturated rings. The lowest BCUT2D eigenvalue weighted by Crippen LogP contribution is -2.60. The first-order valence-corrected chi connectivity index (χ1v) is 11.5. The zero-order chi connectivity index (χ0) is 23.3. The smallest absolute Gasteiger partial charge is 0.279 e. The fourth-order valence-electron chi connectivity index (χ4n) is 4.60. The third kappa shape index (κ3) is 3.98. The number of ether oxygens (including phenoxy) is 1. The zero-order valence-electron chi connectivity index (χ0n) is 18.9. The number of halogens is 2. The molecule has 2 aliphatic rings. The number of fused-ring (bicyclic) bond motifs is 1. The van der Waals surface area contributed by atoms with Crippen molar-refractivity contribution in [3.63, 3.8) is 0 Å². The van der Waals surface area contributed by atoms with Gasteiger partial charge in [0.25, 0.3) is 5.56 Å². The Bertz CT molecular complexity index is 1280. The van der Waals surface area contributed by atoms with Gasteiger partial charge in [-0.25, -0.2) is 19.3 Å². The molecule has 0 saturated carbocycles. The average molecular weight is 473 g/mol. The number of rotatable bonds is 4. The van der Waals surface area contributed by atoms with Gasteiger partial charge in [0.2, 0.25) is 5.95 Å². The van der Waals surface area contributed by atoms with Crippen molar-refractivity contribution in [1.29, 1.82) is 0 Å². The summed E-state index contributed by atoms with van der Waals surface area (Å²) >= 11 is 5.97. The van der Waals surface area contributed by atoms with Crippen molar-refractivity contribution < 1.29 is 9.13 Å². The van der Waals surface area contributed by atoms with E-state index in [4.69, 9.17) is 21.3 Å². The van der Waals surface area contributed by atoms with Gasteiger partial charge in [0, 0.05) is 57.0 Å². The van der Waals surface area contributed by atoms with Crippen LogP contribution in [-0.2, 0) is 11.8 Å². The van der Waals surface area contributed by atoms with E-state index in [0.29, 0.717) is 29.0 Å². The standard InChI is InChI=1S/C23H26ClFN6O2/c1-13-26-20-19(17-7-6-14(24)9-18(17)25)27-23(28-21(20)22(32)29(13)2)30-8-4-5-15(10-30)31-11-16(12-31)33-3/h6-7,9,15-16H,4-5,8,10-12H2,1-3H3. The highest BCUT2D eigenvalue weighted by atomic mass is 35.5. The minimum Gasteiger partial charge on any atom is -0.379 e. The monoisotopic (exact) mass is 472 g/mol. The molecule has 0 aliphatic carbocycles.